The third-order valence-electron chi connectivity index (χ3n) is 6.57. The summed E-state index contributed by atoms with van der Waals surface area (Å²) in [5.41, 5.74) is 0.616. The molecule has 1 fully saturated rings. The minimum absolute atomic E-state index is 0.455. The van der Waals surface area contributed by atoms with E-state index in [4.69, 9.17) is 9.15 Å². The molecule has 192 valence electrons. The SMILES string of the molecule is CCC(CC)CN1CCN(CC(C)(C)NC(=O)C(=O)Nc2ccc(-c3cnco3)c(OC)c2)CC1. The summed E-state index contributed by atoms with van der Waals surface area (Å²) in [4.78, 5) is 34.0. The van der Waals surface area contributed by atoms with Crippen LogP contribution in [-0.4, -0.2) is 78.5 Å². The minimum atomic E-state index is -0.720. The number of anilines is 1. The molecule has 0 bridgehead atoms. The fraction of sp³-hybridized carbons (Fsp3) is 0.577. The van der Waals surface area contributed by atoms with E-state index in [1.54, 1.807) is 24.4 Å². The highest BCUT2D eigenvalue weighted by atomic mass is 16.5. The molecule has 0 spiro atoms. The summed E-state index contributed by atoms with van der Waals surface area (Å²) in [5, 5.41) is 5.54. The first kappa shape index (κ1) is 26.7. The first-order valence-electron chi connectivity index (χ1n) is 12.4. The van der Waals surface area contributed by atoms with Crippen LogP contribution in [0.4, 0.5) is 5.69 Å². The summed E-state index contributed by atoms with van der Waals surface area (Å²) in [6.07, 6.45) is 5.36. The van der Waals surface area contributed by atoms with E-state index in [1.165, 1.54) is 26.3 Å². The van der Waals surface area contributed by atoms with E-state index in [0.29, 0.717) is 29.3 Å². The number of nitrogens with zero attached hydrogens (tertiary/aromatic N) is 3. The van der Waals surface area contributed by atoms with Crippen molar-refractivity contribution in [2.24, 2.45) is 5.92 Å². The molecule has 0 saturated carbocycles. The van der Waals surface area contributed by atoms with E-state index < -0.39 is 17.4 Å². The average molecular weight is 486 g/mol. The number of benzene rings is 1. The van der Waals surface area contributed by atoms with Crippen molar-refractivity contribution in [3.8, 4) is 17.1 Å². The summed E-state index contributed by atoms with van der Waals surface area (Å²) >= 11 is 0. The van der Waals surface area contributed by atoms with Gasteiger partial charge in [-0.15, -0.1) is 0 Å². The number of hydrogen-bond donors (Lipinski definition) is 2. The predicted molar refractivity (Wildman–Crippen MR) is 136 cm³/mol. The molecule has 35 heavy (non-hydrogen) atoms. The maximum atomic E-state index is 12.6. The zero-order chi connectivity index (χ0) is 25.4. The largest absolute Gasteiger partial charge is 0.496 e. The summed E-state index contributed by atoms with van der Waals surface area (Å²) in [7, 11) is 1.53. The van der Waals surface area contributed by atoms with Gasteiger partial charge in [0.05, 0.1) is 18.9 Å². The van der Waals surface area contributed by atoms with Gasteiger partial charge in [0.15, 0.2) is 12.2 Å². The second-order valence-electron chi connectivity index (χ2n) is 9.83. The molecule has 0 radical (unpaired) electrons. The van der Waals surface area contributed by atoms with E-state index in [1.807, 2.05) is 13.8 Å². The Balaban J connectivity index is 1.50. The van der Waals surface area contributed by atoms with Gasteiger partial charge in [0, 0.05) is 56.6 Å². The van der Waals surface area contributed by atoms with Crippen molar-refractivity contribution in [2.45, 2.75) is 46.1 Å². The second-order valence-corrected chi connectivity index (χ2v) is 9.83. The molecule has 3 rings (SSSR count). The molecular formula is C26H39N5O4. The fourth-order valence-corrected chi connectivity index (χ4v) is 4.51. The van der Waals surface area contributed by atoms with Crippen LogP contribution >= 0.6 is 0 Å². The Bertz CT molecular complexity index is 964. The summed E-state index contributed by atoms with van der Waals surface area (Å²) in [6.45, 7) is 14.3. The number of hydrogen-bond acceptors (Lipinski definition) is 7. The smallest absolute Gasteiger partial charge is 0.313 e. The lowest BCUT2D eigenvalue weighted by Gasteiger charge is -2.40. The summed E-state index contributed by atoms with van der Waals surface area (Å²) < 4.78 is 10.7. The molecule has 2 heterocycles. The Morgan fingerprint density at radius 3 is 2.40 bits per heavy atom. The van der Waals surface area contributed by atoms with Gasteiger partial charge in [0.1, 0.15) is 5.75 Å². The zero-order valence-electron chi connectivity index (χ0n) is 21.6. The molecule has 1 aliphatic heterocycles. The van der Waals surface area contributed by atoms with Crippen LogP contribution in [0.25, 0.3) is 11.3 Å². The highest BCUT2D eigenvalue weighted by Crippen LogP contribution is 2.32. The van der Waals surface area contributed by atoms with Crippen molar-refractivity contribution in [3.05, 3.63) is 30.8 Å². The quantitative estimate of drug-likeness (QED) is 0.499. The maximum Gasteiger partial charge on any atom is 0.313 e. The highest BCUT2D eigenvalue weighted by Gasteiger charge is 2.29. The number of nitrogens with one attached hydrogen (secondary N) is 2. The number of ether oxygens (including phenoxy) is 1. The molecule has 9 nitrogen and oxygen atoms in total. The summed E-state index contributed by atoms with van der Waals surface area (Å²) in [6, 6.07) is 5.09. The normalized spacial score (nSPS) is 15.3. The van der Waals surface area contributed by atoms with E-state index >= 15 is 0 Å². The standard InChI is InChI=1S/C26H39N5O4/c1-6-19(7-2)16-30-10-12-31(13-11-30)17-26(3,4)29-25(33)24(32)28-20-8-9-21(22(14-20)34-5)23-15-27-18-35-23/h8-9,14-15,18-19H,6-7,10-13,16-17H2,1-5H3,(H,28,32)(H,29,33). The molecule has 2 N–H and O–H groups in total. The van der Waals surface area contributed by atoms with Crippen LogP contribution in [0.15, 0.2) is 35.2 Å². The molecule has 0 aliphatic carbocycles. The number of piperazine rings is 1. The molecular weight excluding hydrogens is 446 g/mol. The van der Waals surface area contributed by atoms with E-state index in [0.717, 1.165) is 38.6 Å². The third kappa shape index (κ3) is 7.53. The van der Waals surface area contributed by atoms with Crippen LogP contribution < -0.4 is 15.4 Å². The first-order chi connectivity index (χ1) is 16.7. The van der Waals surface area contributed by atoms with Crippen molar-refractivity contribution in [1.82, 2.24) is 20.1 Å². The van der Waals surface area contributed by atoms with Crippen LogP contribution in [0.5, 0.6) is 5.75 Å². The second kappa shape index (κ2) is 12.2. The topological polar surface area (TPSA) is 99.9 Å². The lowest BCUT2D eigenvalue weighted by molar-refractivity contribution is -0.137. The number of amides is 2. The Labute approximate surface area is 208 Å². The van der Waals surface area contributed by atoms with Crippen LogP contribution in [0.3, 0.4) is 0 Å². The van der Waals surface area contributed by atoms with E-state index in [9.17, 15) is 9.59 Å². The van der Waals surface area contributed by atoms with Gasteiger partial charge in [-0.05, 0) is 31.9 Å². The van der Waals surface area contributed by atoms with Gasteiger partial charge in [0.2, 0.25) is 0 Å². The minimum Gasteiger partial charge on any atom is -0.496 e. The van der Waals surface area contributed by atoms with Crippen molar-refractivity contribution < 1.29 is 18.7 Å². The van der Waals surface area contributed by atoms with Gasteiger partial charge in [-0.2, -0.15) is 0 Å². The Morgan fingerprint density at radius 2 is 1.80 bits per heavy atom. The number of rotatable bonds is 10. The van der Waals surface area contributed by atoms with Gasteiger partial charge in [-0.25, -0.2) is 4.98 Å². The summed E-state index contributed by atoms with van der Waals surface area (Å²) in [5.74, 6) is 0.427. The predicted octanol–water partition coefficient (Wildman–Crippen LogP) is 3.24. The monoisotopic (exact) mass is 485 g/mol. The van der Waals surface area contributed by atoms with Crippen molar-refractivity contribution in [1.29, 1.82) is 0 Å². The lowest BCUT2D eigenvalue weighted by Crippen LogP contribution is -2.57. The van der Waals surface area contributed by atoms with Gasteiger partial charge < -0.3 is 24.7 Å². The first-order valence-corrected chi connectivity index (χ1v) is 12.4. The Hall–Kier alpha value is -2.91. The number of aromatic nitrogens is 1. The van der Waals surface area contributed by atoms with Crippen molar-refractivity contribution in [2.75, 3.05) is 51.7 Å². The molecule has 1 aromatic heterocycles. The van der Waals surface area contributed by atoms with Crippen molar-refractivity contribution >= 4 is 17.5 Å². The zero-order valence-corrected chi connectivity index (χ0v) is 21.6. The lowest BCUT2D eigenvalue weighted by atomic mass is 10.0. The van der Waals surface area contributed by atoms with E-state index in [-0.39, 0.29) is 0 Å². The molecule has 2 amide bonds. The molecule has 0 unspecified atom stereocenters. The van der Waals surface area contributed by atoms with Crippen molar-refractivity contribution in [3.63, 3.8) is 0 Å². The fourth-order valence-electron chi connectivity index (χ4n) is 4.51. The Kier molecular flexibility index (Phi) is 9.28. The van der Waals surface area contributed by atoms with Crippen LogP contribution in [0.1, 0.15) is 40.5 Å². The molecule has 1 aromatic carbocycles. The molecule has 2 aromatic rings. The van der Waals surface area contributed by atoms with Gasteiger partial charge in [0.25, 0.3) is 0 Å². The highest BCUT2D eigenvalue weighted by molar-refractivity contribution is 6.39. The van der Waals surface area contributed by atoms with E-state index in [2.05, 4.69) is 39.3 Å². The van der Waals surface area contributed by atoms with Crippen LogP contribution in [0, 0.1) is 5.92 Å². The van der Waals surface area contributed by atoms with Crippen LogP contribution in [-0.2, 0) is 9.59 Å². The molecule has 1 saturated heterocycles. The number of oxazole rings is 1. The van der Waals surface area contributed by atoms with Gasteiger partial charge in [-0.1, -0.05) is 26.7 Å². The molecule has 1 aliphatic rings. The van der Waals surface area contributed by atoms with Gasteiger partial charge in [-0.3, -0.25) is 14.5 Å². The van der Waals surface area contributed by atoms with Gasteiger partial charge >= 0.3 is 11.8 Å². The number of methoxy groups -OCH3 is 1. The molecule has 9 heteroatoms. The molecule has 0 atom stereocenters. The number of carbonyl (C=O) groups is 2. The maximum absolute atomic E-state index is 12.6. The Morgan fingerprint density at radius 1 is 1.11 bits per heavy atom. The number of carbonyl (C=O) groups excluding carboxylic acids is 2. The average Bonchev–Trinajstić information content (AvgIpc) is 3.37. The van der Waals surface area contributed by atoms with Crippen LogP contribution in [0.2, 0.25) is 0 Å². The third-order valence-corrected chi connectivity index (χ3v) is 6.57.